The van der Waals surface area contributed by atoms with Crippen molar-refractivity contribution in [1.29, 1.82) is 0 Å². The molecule has 0 saturated heterocycles. The van der Waals surface area contributed by atoms with E-state index in [0.29, 0.717) is 11.0 Å². The van der Waals surface area contributed by atoms with Gasteiger partial charge in [0.2, 0.25) is 5.95 Å². The summed E-state index contributed by atoms with van der Waals surface area (Å²) in [5, 5.41) is 4.70. The summed E-state index contributed by atoms with van der Waals surface area (Å²) in [5.41, 5.74) is 1.80. The highest BCUT2D eigenvalue weighted by Crippen LogP contribution is 2.34. The molecule has 0 aliphatic rings. The van der Waals surface area contributed by atoms with Gasteiger partial charge in [0.1, 0.15) is 5.01 Å². The largest absolute Gasteiger partial charge is 0.354 e. The maximum absolute atomic E-state index is 6.21. The van der Waals surface area contributed by atoms with Crippen molar-refractivity contribution in [2.24, 2.45) is 0 Å². The molecular weight excluding hydrogens is 304 g/mol. The second-order valence-corrected chi connectivity index (χ2v) is 5.74. The third kappa shape index (κ3) is 3.04. The van der Waals surface area contributed by atoms with E-state index in [-0.39, 0.29) is 0 Å². The zero-order chi connectivity index (χ0) is 14.7. The minimum atomic E-state index is 0.627. The molecule has 106 valence electrons. The van der Waals surface area contributed by atoms with Crippen molar-refractivity contribution in [2.75, 3.05) is 11.9 Å². The number of hydrogen-bond donors (Lipinski definition) is 1. The summed E-state index contributed by atoms with van der Waals surface area (Å²) in [7, 11) is 0. The van der Waals surface area contributed by atoms with E-state index in [2.05, 4.69) is 20.3 Å². The number of aromatic nitrogens is 3. The Kier molecular flexibility index (Phi) is 4.13. The molecular formula is C15H13ClN4S. The molecule has 0 fully saturated rings. The van der Waals surface area contributed by atoms with Crippen molar-refractivity contribution < 1.29 is 0 Å². The van der Waals surface area contributed by atoms with Gasteiger partial charge in [0, 0.05) is 24.5 Å². The summed E-state index contributed by atoms with van der Waals surface area (Å²) in [4.78, 5) is 14.1. The van der Waals surface area contributed by atoms with Gasteiger partial charge in [0.15, 0.2) is 0 Å². The molecule has 0 atom stereocenters. The number of thiazole rings is 1. The maximum atomic E-state index is 6.21. The predicted octanol–water partition coefficient (Wildman–Crippen LogP) is 4.35. The average molecular weight is 317 g/mol. The second kappa shape index (κ2) is 6.20. The molecule has 0 spiro atoms. The van der Waals surface area contributed by atoms with Crippen LogP contribution in [-0.4, -0.2) is 21.5 Å². The number of nitrogens with zero attached hydrogens (tertiary/aromatic N) is 3. The first-order valence-corrected chi connectivity index (χ1v) is 7.75. The van der Waals surface area contributed by atoms with Crippen molar-refractivity contribution in [2.45, 2.75) is 6.92 Å². The molecule has 0 aliphatic heterocycles. The van der Waals surface area contributed by atoms with Gasteiger partial charge in [-0.25, -0.2) is 15.0 Å². The van der Waals surface area contributed by atoms with E-state index in [9.17, 15) is 0 Å². The van der Waals surface area contributed by atoms with E-state index >= 15 is 0 Å². The van der Waals surface area contributed by atoms with Crippen LogP contribution in [0.2, 0.25) is 5.02 Å². The number of halogens is 1. The molecule has 1 aromatic carbocycles. The van der Waals surface area contributed by atoms with Gasteiger partial charge in [0.05, 0.1) is 15.6 Å². The highest BCUT2D eigenvalue weighted by Gasteiger charge is 2.10. The first-order chi connectivity index (χ1) is 10.3. The van der Waals surface area contributed by atoms with E-state index < -0.39 is 0 Å². The quantitative estimate of drug-likeness (QED) is 0.777. The van der Waals surface area contributed by atoms with Gasteiger partial charge >= 0.3 is 0 Å². The van der Waals surface area contributed by atoms with E-state index in [0.717, 1.165) is 27.7 Å². The third-order valence-electron chi connectivity index (χ3n) is 2.85. The summed E-state index contributed by atoms with van der Waals surface area (Å²) in [6, 6.07) is 9.58. The molecule has 0 aliphatic carbocycles. The minimum absolute atomic E-state index is 0.627. The van der Waals surface area contributed by atoms with Crippen LogP contribution in [0.4, 0.5) is 5.95 Å². The predicted molar refractivity (Wildman–Crippen MR) is 87.7 cm³/mol. The van der Waals surface area contributed by atoms with Crippen LogP contribution < -0.4 is 5.32 Å². The molecule has 0 radical (unpaired) electrons. The Bertz CT molecular complexity index is 757. The van der Waals surface area contributed by atoms with Gasteiger partial charge in [-0.1, -0.05) is 29.8 Å². The van der Waals surface area contributed by atoms with Gasteiger partial charge in [-0.2, -0.15) is 0 Å². The Morgan fingerprint density at radius 3 is 2.86 bits per heavy atom. The molecule has 3 aromatic rings. The number of nitrogens with one attached hydrogen (secondary N) is 1. The van der Waals surface area contributed by atoms with Crippen LogP contribution in [0.15, 0.2) is 42.7 Å². The van der Waals surface area contributed by atoms with Crippen LogP contribution in [0.5, 0.6) is 0 Å². The van der Waals surface area contributed by atoms with Gasteiger partial charge in [0.25, 0.3) is 0 Å². The third-order valence-corrected chi connectivity index (χ3v) is 4.24. The Morgan fingerprint density at radius 1 is 1.19 bits per heavy atom. The topological polar surface area (TPSA) is 50.7 Å². The summed E-state index contributed by atoms with van der Waals surface area (Å²) < 4.78 is 0. The van der Waals surface area contributed by atoms with Gasteiger partial charge < -0.3 is 5.32 Å². The fourth-order valence-corrected chi connectivity index (χ4v) is 3.10. The van der Waals surface area contributed by atoms with Crippen LogP contribution in [0.25, 0.3) is 21.1 Å². The average Bonchev–Trinajstić information content (AvgIpc) is 2.98. The summed E-state index contributed by atoms with van der Waals surface area (Å²) in [6.45, 7) is 2.80. The van der Waals surface area contributed by atoms with Crippen LogP contribution >= 0.6 is 22.9 Å². The summed E-state index contributed by atoms with van der Waals surface area (Å²) in [5.74, 6) is 0.627. The molecule has 0 unspecified atom stereocenters. The zero-order valence-electron chi connectivity index (χ0n) is 11.4. The van der Waals surface area contributed by atoms with Crippen LogP contribution in [0.1, 0.15) is 6.92 Å². The molecule has 6 heteroatoms. The smallest absolute Gasteiger partial charge is 0.223 e. The molecule has 1 N–H and O–H groups in total. The van der Waals surface area contributed by atoms with Gasteiger partial charge in [-0.05, 0) is 19.1 Å². The number of anilines is 1. The number of rotatable bonds is 4. The van der Waals surface area contributed by atoms with Crippen molar-refractivity contribution in [3.05, 3.63) is 47.7 Å². The summed E-state index contributed by atoms with van der Waals surface area (Å²) in [6.07, 6.45) is 3.57. The lowest BCUT2D eigenvalue weighted by molar-refractivity contribution is 1.09. The lowest BCUT2D eigenvalue weighted by Gasteiger charge is -2.02. The lowest BCUT2D eigenvalue weighted by atomic mass is 10.2. The van der Waals surface area contributed by atoms with E-state index in [1.807, 2.05) is 43.5 Å². The van der Waals surface area contributed by atoms with Crippen molar-refractivity contribution in [3.8, 4) is 21.1 Å². The van der Waals surface area contributed by atoms with Gasteiger partial charge in [-0.15, -0.1) is 11.3 Å². The highest BCUT2D eigenvalue weighted by atomic mass is 35.5. The minimum Gasteiger partial charge on any atom is -0.354 e. The Balaban J connectivity index is 1.95. The number of hydrogen-bond acceptors (Lipinski definition) is 5. The molecule has 3 rings (SSSR count). The highest BCUT2D eigenvalue weighted by molar-refractivity contribution is 7.18. The molecule has 2 heterocycles. The SMILES string of the molecule is CCNc1nccc(-c2cnc(-c3ccccc3Cl)s2)n1. The van der Waals surface area contributed by atoms with Gasteiger partial charge in [-0.3, -0.25) is 0 Å². The van der Waals surface area contributed by atoms with Crippen molar-refractivity contribution in [3.63, 3.8) is 0 Å². The molecule has 0 saturated carbocycles. The zero-order valence-corrected chi connectivity index (χ0v) is 12.9. The maximum Gasteiger partial charge on any atom is 0.223 e. The van der Waals surface area contributed by atoms with Crippen LogP contribution in [0.3, 0.4) is 0 Å². The van der Waals surface area contributed by atoms with Crippen LogP contribution in [0, 0.1) is 0 Å². The fraction of sp³-hybridized carbons (Fsp3) is 0.133. The van der Waals surface area contributed by atoms with Crippen LogP contribution in [-0.2, 0) is 0 Å². The lowest BCUT2D eigenvalue weighted by Crippen LogP contribution is -2.01. The monoisotopic (exact) mass is 316 g/mol. The van der Waals surface area contributed by atoms with Crippen molar-refractivity contribution in [1.82, 2.24) is 15.0 Å². The molecule has 21 heavy (non-hydrogen) atoms. The standard InChI is InChI=1S/C15H13ClN4S/c1-2-17-15-18-8-7-12(20-15)13-9-19-14(21-13)10-5-3-4-6-11(10)16/h3-9H,2H2,1H3,(H,17,18,20). The molecule has 0 amide bonds. The van der Waals surface area contributed by atoms with E-state index in [1.54, 1.807) is 17.5 Å². The summed E-state index contributed by atoms with van der Waals surface area (Å²) >= 11 is 7.78. The Labute approximate surface area is 131 Å². The first kappa shape index (κ1) is 14.0. The molecule has 4 nitrogen and oxygen atoms in total. The number of benzene rings is 1. The van der Waals surface area contributed by atoms with E-state index in [4.69, 9.17) is 11.6 Å². The fourth-order valence-electron chi connectivity index (χ4n) is 1.89. The van der Waals surface area contributed by atoms with Crippen molar-refractivity contribution >= 4 is 28.9 Å². The van der Waals surface area contributed by atoms with E-state index in [1.165, 1.54) is 0 Å². The Morgan fingerprint density at radius 2 is 2.05 bits per heavy atom. The Hall–Kier alpha value is -1.98. The normalized spacial score (nSPS) is 10.6. The first-order valence-electron chi connectivity index (χ1n) is 6.56. The molecule has 2 aromatic heterocycles. The second-order valence-electron chi connectivity index (χ2n) is 4.31. The molecule has 0 bridgehead atoms.